The Kier molecular flexibility index (Phi) is 1.18. The highest BCUT2D eigenvalue weighted by atomic mass is 16.6. The van der Waals surface area contributed by atoms with Crippen molar-refractivity contribution in [1.82, 2.24) is 9.97 Å². The van der Waals surface area contributed by atoms with Crippen molar-refractivity contribution < 1.29 is 4.92 Å². The predicted molar refractivity (Wildman–Crippen MR) is 30.0 cm³/mol. The van der Waals surface area contributed by atoms with Crippen LogP contribution in [0.25, 0.3) is 0 Å². The summed E-state index contributed by atoms with van der Waals surface area (Å²) in [6.45, 7) is 1.60. The van der Waals surface area contributed by atoms with Crippen LogP contribution >= 0.6 is 0 Å². The van der Waals surface area contributed by atoms with Crippen molar-refractivity contribution in [3.63, 3.8) is 0 Å². The normalized spacial score (nSPS) is 9.44. The van der Waals surface area contributed by atoms with E-state index < -0.39 is 4.92 Å². The summed E-state index contributed by atoms with van der Waals surface area (Å²) < 4.78 is 0. The number of nitrogens with one attached hydrogen (secondary N) is 1. The maximum atomic E-state index is 10.0. The number of nitrogens with zero attached hydrogens (tertiary/aromatic N) is 2. The van der Waals surface area contributed by atoms with E-state index in [0.717, 1.165) is 0 Å². The van der Waals surface area contributed by atoms with E-state index in [1.165, 1.54) is 6.33 Å². The second-order valence-electron chi connectivity index (χ2n) is 1.61. The molecule has 1 aromatic rings. The molecule has 0 bridgehead atoms. The number of hydrogen-bond donors (Lipinski definition) is 1. The van der Waals surface area contributed by atoms with Crippen molar-refractivity contribution in [2.24, 2.45) is 0 Å². The van der Waals surface area contributed by atoms with Crippen molar-refractivity contribution in [3.05, 3.63) is 22.1 Å². The summed E-state index contributed by atoms with van der Waals surface area (Å²) >= 11 is 0. The summed E-state index contributed by atoms with van der Waals surface area (Å²) in [5, 5.41) is 10.0. The summed E-state index contributed by atoms with van der Waals surface area (Å²) in [5.74, 6) is -0.102. The number of aryl methyl sites for hydroxylation is 1. The van der Waals surface area contributed by atoms with E-state index in [1.54, 1.807) is 6.92 Å². The predicted octanol–water partition coefficient (Wildman–Crippen LogP) is 0.626. The van der Waals surface area contributed by atoms with Gasteiger partial charge in [-0.2, -0.15) is 0 Å². The highest BCUT2D eigenvalue weighted by Gasteiger charge is 2.10. The SMILES string of the molecule is Cc1[nH]cnc1[N+](=O)[O-]. The van der Waals surface area contributed by atoms with Gasteiger partial charge in [-0.3, -0.25) is 0 Å². The average molecular weight is 127 g/mol. The van der Waals surface area contributed by atoms with Gasteiger partial charge in [0.15, 0.2) is 0 Å². The molecule has 0 spiro atoms. The Labute approximate surface area is 50.9 Å². The van der Waals surface area contributed by atoms with Crippen LogP contribution in [0, 0.1) is 17.0 Å². The van der Waals surface area contributed by atoms with Crippen LogP contribution in [0.15, 0.2) is 6.33 Å². The van der Waals surface area contributed by atoms with Crippen molar-refractivity contribution >= 4 is 5.82 Å². The van der Waals surface area contributed by atoms with Crippen LogP contribution < -0.4 is 0 Å². The second-order valence-corrected chi connectivity index (χ2v) is 1.61. The first-order valence-electron chi connectivity index (χ1n) is 2.36. The molecular formula is C4H5N3O2. The topological polar surface area (TPSA) is 71.8 Å². The number of imidazole rings is 1. The van der Waals surface area contributed by atoms with Gasteiger partial charge in [0.25, 0.3) is 0 Å². The van der Waals surface area contributed by atoms with E-state index in [-0.39, 0.29) is 5.82 Å². The van der Waals surface area contributed by atoms with Gasteiger partial charge >= 0.3 is 5.82 Å². The first-order valence-corrected chi connectivity index (χ1v) is 2.36. The lowest BCUT2D eigenvalue weighted by Crippen LogP contribution is -1.89. The van der Waals surface area contributed by atoms with E-state index in [4.69, 9.17) is 0 Å². The summed E-state index contributed by atoms with van der Waals surface area (Å²) in [7, 11) is 0. The maximum absolute atomic E-state index is 10.0. The molecule has 1 N–H and O–H groups in total. The minimum Gasteiger partial charge on any atom is -0.358 e. The third kappa shape index (κ3) is 0.883. The van der Waals surface area contributed by atoms with Crippen molar-refractivity contribution in [3.8, 4) is 0 Å². The summed E-state index contributed by atoms with van der Waals surface area (Å²) in [4.78, 5) is 15.5. The lowest BCUT2D eigenvalue weighted by atomic mass is 10.5. The molecule has 1 rings (SSSR count). The molecule has 0 aliphatic heterocycles. The molecule has 48 valence electrons. The van der Waals surface area contributed by atoms with Gasteiger partial charge in [-0.1, -0.05) is 0 Å². The second kappa shape index (κ2) is 1.85. The number of nitro groups is 1. The number of H-pyrrole nitrogens is 1. The smallest absolute Gasteiger partial charge is 0.358 e. The standard InChI is InChI=1S/C4H5N3O2/c1-3-4(7(8)9)6-2-5-3/h2H,1H3,(H,5,6). The quantitative estimate of drug-likeness (QED) is 0.444. The molecule has 0 aliphatic carbocycles. The van der Waals surface area contributed by atoms with Gasteiger partial charge in [-0.05, 0) is 16.8 Å². The Morgan fingerprint density at radius 3 is 2.78 bits per heavy atom. The highest BCUT2D eigenvalue weighted by molar-refractivity contribution is 5.23. The Balaban J connectivity index is 3.08. The molecular weight excluding hydrogens is 122 g/mol. The fourth-order valence-corrected chi connectivity index (χ4v) is 0.536. The van der Waals surface area contributed by atoms with Crippen molar-refractivity contribution in [2.75, 3.05) is 0 Å². The molecule has 1 aromatic heterocycles. The highest BCUT2D eigenvalue weighted by Crippen LogP contribution is 2.08. The molecule has 0 unspecified atom stereocenters. The van der Waals surface area contributed by atoms with Gasteiger partial charge in [0.2, 0.25) is 6.33 Å². The maximum Gasteiger partial charge on any atom is 0.384 e. The van der Waals surface area contributed by atoms with Gasteiger partial charge in [-0.25, -0.2) is 0 Å². The molecule has 5 heteroatoms. The van der Waals surface area contributed by atoms with Crippen molar-refractivity contribution in [2.45, 2.75) is 6.92 Å². The summed E-state index contributed by atoms with van der Waals surface area (Å²) in [6.07, 6.45) is 1.30. The lowest BCUT2D eigenvalue weighted by Gasteiger charge is -1.85. The zero-order valence-electron chi connectivity index (χ0n) is 4.79. The minimum atomic E-state index is -0.522. The molecule has 0 amide bonds. The molecule has 0 saturated carbocycles. The zero-order chi connectivity index (χ0) is 6.85. The minimum absolute atomic E-state index is 0.102. The van der Waals surface area contributed by atoms with Crippen LogP contribution in [0.5, 0.6) is 0 Å². The molecule has 5 nitrogen and oxygen atoms in total. The Hall–Kier alpha value is -1.39. The van der Waals surface area contributed by atoms with Gasteiger partial charge < -0.3 is 15.1 Å². The van der Waals surface area contributed by atoms with Gasteiger partial charge in [-0.15, -0.1) is 0 Å². The fourth-order valence-electron chi connectivity index (χ4n) is 0.536. The Morgan fingerprint density at radius 2 is 2.56 bits per heavy atom. The third-order valence-corrected chi connectivity index (χ3v) is 0.976. The van der Waals surface area contributed by atoms with Gasteiger partial charge in [0.05, 0.1) is 0 Å². The van der Waals surface area contributed by atoms with Gasteiger partial charge in [0, 0.05) is 0 Å². The van der Waals surface area contributed by atoms with Crippen LogP contribution in [-0.2, 0) is 0 Å². The lowest BCUT2D eigenvalue weighted by molar-refractivity contribution is -0.389. The zero-order valence-corrected chi connectivity index (χ0v) is 4.79. The number of hydrogen-bond acceptors (Lipinski definition) is 3. The molecule has 0 atom stereocenters. The third-order valence-electron chi connectivity index (χ3n) is 0.976. The van der Waals surface area contributed by atoms with Crippen LogP contribution in [0.3, 0.4) is 0 Å². The van der Waals surface area contributed by atoms with Crippen LogP contribution in [0.4, 0.5) is 5.82 Å². The largest absolute Gasteiger partial charge is 0.384 e. The Bertz CT molecular complexity index is 229. The molecule has 0 aromatic carbocycles. The number of aromatic amines is 1. The molecule has 0 radical (unpaired) electrons. The monoisotopic (exact) mass is 127 g/mol. The van der Waals surface area contributed by atoms with E-state index in [0.29, 0.717) is 5.69 Å². The Morgan fingerprint density at radius 1 is 1.89 bits per heavy atom. The van der Waals surface area contributed by atoms with E-state index in [1.807, 2.05) is 0 Å². The first kappa shape index (κ1) is 5.74. The number of aromatic nitrogens is 2. The van der Waals surface area contributed by atoms with E-state index in [2.05, 4.69) is 9.97 Å². The van der Waals surface area contributed by atoms with E-state index in [9.17, 15) is 10.1 Å². The fraction of sp³-hybridized carbons (Fsp3) is 0.250. The first-order chi connectivity index (χ1) is 4.22. The number of rotatable bonds is 1. The average Bonchev–Trinajstić information content (AvgIpc) is 2.13. The van der Waals surface area contributed by atoms with Crippen LogP contribution in [0.1, 0.15) is 5.69 Å². The van der Waals surface area contributed by atoms with Crippen LogP contribution in [-0.4, -0.2) is 14.9 Å². The molecule has 9 heavy (non-hydrogen) atoms. The van der Waals surface area contributed by atoms with E-state index >= 15 is 0 Å². The van der Waals surface area contributed by atoms with Gasteiger partial charge in [0.1, 0.15) is 5.69 Å². The summed E-state index contributed by atoms with van der Waals surface area (Å²) in [6, 6.07) is 0. The molecule has 1 heterocycles. The molecule has 0 saturated heterocycles. The van der Waals surface area contributed by atoms with Crippen LogP contribution in [0.2, 0.25) is 0 Å². The summed E-state index contributed by atoms with van der Waals surface area (Å²) in [5.41, 5.74) is 0.486. The molecule has 0 aliphatic rings. The molecule has 0 fully saturated rings. The van der Waals surface area contributed by atoms with Crippen molar-refractivity contribution in [1.29, 1.82) is 0 Å².